The van der Waals surface area contributed by atoms with E-state index in [1.807, 2.05) is 27.7 Å². The van der Waals surface area contributed by atoms with E-state index in [4.69, 9.17) is 9.47 Å². The summed E-state index contributed by atoms with van der Waals surface area (Å²) >= 11 is 0. The van der Waals surface area contributed by atoms with Crippen molar-refractivity contribution in [1.29, 1.82) is 0 Å². The second-order valence-corrected chi connectivity index (χ2v) is 7.33. The molecule has 1 N–H and O–H groups in total. The minimum absolute atomic E-state index is 0.243. The predicted molar refractivity (Wildman–Crippen MR) is 94.9 cm³/mol. The third kappa shape index (κ3) is 6.10. The van der Waals surface area contributed by atoms with Crippen LogP contribution >= 0.6 is 0 Å². The zero-order valence-corrected chi connectivity index (χ0v) is 15.7. The first kappa shape index (κ1) is 19.3. The maximum absolute atomic E-state index is 12.2. The van der Waals surface area contributed by atoms with Crippen LogP contribution in [0.15, 0.2) is 4.99 Å². The van der Waals surface area contributed by atoms with E-state index in [0.717, 1.165) is 18.7 Å². The Morgan fingerprint density at radius 2 is 1.84 bits per heavy atom. The number of hydrogen-bond donors (Lipinski definition) is 1. The minimum atomic E-state index is -0.501. The maximum Gasteiger partial charge on any atom is 0.410 e. The summed E-state index contributed by atoms with van der Waals surface area (Å²) in [6, 6.07) is 0.253. The molecule has 0 spiro atoms. The topological polar surface area (TPSA) is 83.5 Å². The molecule has 0 radical (unpaired) electrons. The molecule has 1 fully saturated rings. The maximum atomic E-state index is 12.2. The Morgan fingerprint density at radius 3 is 2.44 bits per heavy atom. The van der Waals surface area contributed by atoms with Crippen LogP contribution in [0.1, 0.15) is 40.5 Å². The summed E-state index contributed by atoms with van der Waals surface area (Å²) in [7, 11) is 0. The summed E-state index contributed by atoms with van der Waals surface area (Å²) in [6.07, 6.45) is 1.13. The van der Waals surface area contributed by atoms with Gasteiger partial charge in [-0.25, -0.2) is 9.59 Å². The SMILES string of the molecule is CCOC(=O)N1CCC(NC2=NCCN(C(=O)OC(C)(C)C)C2)CC1. The molecule has 0 atom stereocenters. The molecule has 142 valence electrons. The van der Waals surface area contributed by atoms with Crippen molar-refractivity contribution in [2.45, 2.75) is 52.2 Å². The predicted octanol–water partition coefficient (Wildman–Crippen LogP) is 1.85. The number of aliphatic imine (C=N–C) groups is 1. The Morgan fingerprint density at radius 1 is 1.16 bits per heavy atom. The summed E-state index contributed by atoms with van der Waals surface area (Å²) < 4.78 is 10.5. The van der Waals surface area contributed by atoms with Crippen molar-refractivity contribution in [2.75, 3.05) is 39.3 Å². The lowest BCUT2D eigenvalue weighted by Gasteiger charge is -2.34. The molecule has 0 bridgehead atoms. The summed E-state index contributed by atoms with van der Waals surface area (Å²) in [5.74, 6) is 0.812. The van der Waals surface area contributed by atoms with Gasteiger partial charge >= 0.3 is 12.2 Å². The van der Waals surface area contributed by atoms with Gasteiger partial charge in [-0.15, -0.1) is 0 Å². The fourth-order valence-corrected chi connectivity index (χ4v) is 2.85. The molecular formula is C17H30N4O4. The third-order valence-electron chi connectivity index (χ3n) is 4.06. The molecule has 2 aliphatic rings. The van der Waals surface area contributed by atoms with Crippen LogP contribution in [0.4, 0.5) is 9.59 Å². The van der Waals surface area contributed by atoms with Crippen molar-refractivity contribution in [3.63, 3.8) is 0 Å². The highest BCUT2D eigenvalue weighted by atomic mass is 16.6. The Kier molecular flexibility index (Phi) is 6.50. The second kappa shape index (κ2) is 8.40. The zero-order chi connectivity index (χ0) is 18.4. The number of carbonyl (C=O) groups excluding carboxylic acids is 2. The van der Waals surface area contributed by atoms with Crippen LogP contribution in [0.2, 0.25) is 0 Å². The van der Waals surface area contributed by atoms with E-state index in [0.29, 0.717) is 39.3 Å². The van der Waals surface area contributed by atoms with Gasteiger partial charge in [0, 0.05) is 25.7 Å². The van der Waals surface area contributed by atoms with Gasteiger partial charge < -0.3 is 19.7 Å². The Labute approximate surface area is 149 Å². The number of nitrogens with one attached hydrogen (secondary N) is 1. The molecule has 0 aromatic rings. The molecule has 0 unspecified atom stereocenters. The van der Waals surface area contributed by atoms with Crippen molar-refractivity contribution in [2.24, 2.45) is 4.99 Å². The summed E-state index contributed by atoms with van der Waals surface area (Å²) in [5, 5.41) is 3.42. The number of rotatable bonds is 2. The van der Waals surface area contributed by atoms with Gasteiger partial charge in [-0.1, -0.05) is 0 Å². The first-order chi connectivity index (χ1) is 11.8. The Balaban J connectivity index is 1.79. The average molecular weight is 354 g/mol. The smallest absolute Gasteiger partial charge is 0.410 e. The van der Waals surface area contributed by atoms with Crippen LogP contribution in [0, 0.1) is 0 Å². The number of amidine groups is 1. The highest BCUT2D eigenvalue weighted by Gasteiger charge is 2.28. The van der Waals surface area contributed by atoms with Crippen LogP contribution in [-0.2, 0) is 9.47 Å². The molecule has 0 aromatic carbocycles. The highest BCUT2D eigenvalue weighted by Crippen LogP contribution is 2.14. The fraction of sp³-hybridized carbons (Fsp3) is 0.824. The normalized spacial score (nSPS) is 19.3. The van der Waals surface area contributed by atoms with Gasteiger partial charge in [-0.3, -0.25) is 9.89 Å². The number of carbonyl (C=O) groups is 2. The van der Waals surface area contributed by atoms with Crippen molar-refractivity contribution < 1.29 is 19.1 Å². The van der Waals surface area contributed by atoms with Crippen LogP contribution in [0.5, 0.6) is 0 Å². The van der Waals surface area contributed by atoms with E-state index >= 15 is 0 Å². The van der Waals surface area contributed by atoms with E-state index in [2.05, 4.69) is 10.3 Å². The van der Waals surface area contributed by atoms with Crippen molar-refractivity contribution in [3.05, 3.63) is 0 Å². The van der Waals surface area contributed by atoms with Gasteiger partial charge in [0.05, 0.1) is 19.7 Å². The van der Waals surface area contributed by atoms with E-state index in [-0.39, 0.29) is 18.2 Å². The summed E-state index contributed by atoms with van der Waals surface area (Å²) in [5.41, 5.74) is -0.501. The zero-order valence-electron chi connectivity index (χ0n) is 15.7. The molecule has 25 heavy (non-hydrogen) atoms. The lowest BCUT2D eigenvalue weighted by Crippen LogP contribution is -2.52. The molecule has 1 saturated heterocycles. The second-order valence-electron chi connectivity index (χ2n) is 7.33. The average Bonchev–Trinajstić information content (AvgIpc) is 2.54. The van der Waals surface area contributed by atoms with Gasteiger partial charge in [0.15, 0.2) is 0 Å². The Bertz CT molecular complexity index is 507. The molecule has 2 aliphatic heterocycles. The molecule has 2 rings (SSSR count). The molecule has 2 heterocycles. The third-order valence-corrected chi connectivity index (χ3v) is 4.06. The van der Waals surface area contributed by atoms with E-state index in [1.165, 1.54) is 0 Å². The van der Waals surface area contributed by atoms with Gasteiger partial charge in [-0.05, 0) is 40.5 Å². The van der Waals surface area contributed by atoms with Gasteiger partial charge in [0.1, 0.15) is 11.4 Å². The molecule has 0 aromatic heterocycles. The van der Waals surface area contributed by atoms with Crippen LogP contribution in [-0.4, -0.2) is 78.8 Å². The van der Waals surface area contributed by atoms with E-state index in [9.17, 15) is 9.59 Å². The first-order valence-corrected chi connectivity index (χ1v) is 8.98. The first-order valence-electron chi connectivity index (χ1n) is 8.98. The quantitative estimate of drug-likeness (QED) is 0.818. The monoisotopic (exact) mass is 354 g/mol. The number of likely N-dealkylation sites (tertiary alicyclic amines) is 1. The van der Waals surface area contributed by atoms with Crippen LogP contribution in [0.3, 0.4) is 0 Å². The minimum Gasteiger partial charge on any atom is -0.450 e. The van der Waals surface area contributed by atoms with Crippen molar-refractivity contribution >= 4 is 18.0 Å². The van der Waals surface area contributed by atoms with Gasteiger partial charge in [-0.2, -0.15) is 0 Å². The van der Waals surface area contributed by atoms with Gasteiger partial charge in [0.25, 0.3) is 0 Å². The summed E-state index contributed by atoms with van der Waals surface area (Å²) in [6.45, 7) is 10.7. The van der Waals surface area contributed by atoms with Crippen molar-refractivity contribution in [3.8, 4) is 0 Å². The van der Waals surface area contributed by atoms with E-state index in [1.54, 1.807) is 9.80 Å². The van der Waals surface area contributed by atoms with Gasteiger partial charge in [0.2, 0.25) is 0 Å². The molecule has 8 nitrogen and oxygen atoms in total. The lowest BCUT2D eigenvalue weighted by molar-refractivity contribution is 0.0275. The van der Waals surface area contributed by atoms with Crippen molar-refractivity contribution in [1.82, 2.24) is 15.1 Å². The summed E-state index contributed by atoms with van der Waals surface area (Å²) in [4.78, 5) is 31.8. The molecule has 8 heteroatoms. The number of ether oxygens (including phenoxy) is 2. The number of piperidine rings is 1. The Hall–Kier alpha value is -1.99. The molecule has 0 aliphatic carbocycles. The van der Waals surface area contributed by atoms with Crippen LogP contribution < -0.4 is 5.32 Å². The number of nitrogens with zero attached hydrogens (tertiary/aromatic N) is 3. The largest absolute Gasteiger partial charge is 0.450 e. The molecule has 0 saturated carbocycles. The molecule has 2 amide bonds. The standard InChI is InChI=1S/C17H30N4O4/c1-5-24-15(22)20-9-6-13(7-10-20)19-14-12-21(11-8-18-14)16(23)25-17(2,3)4/h13H,5-12H2,1-4H3,(H,18,19). The molecular weight excluding hydrogens is 324 g/mol. The van der Waals surface area contributed by atoms with Crippen LogP contribution in [0.25, 0.3) is 0 Å². The number of hydrogen-bond acceptors (Lipinski definition) is 6. The lowest BCUT2D eigenvalue weighted by atomic mass is 10.1. The van der Waals surface area contributed by atoms with E-state index < -0.39 is 5.60 Å². The number of amides is 2. The fourth-order valence-electron chi connectivity index (χ4n) is 2.85. The highest BCUT2D eigenvalue weighted by molar-refractivity contribution is 5.88.